The SMILES string of the molecule is NCC(=O)n1c(-c2c[nH]c3ccc(Br)cc23)nc2c3ccccc3c3ccc(N)cc3c21. The first-order chi connectivity index (χ1) is 15.6. The standard InChI is InChI=1S/C25H18BrN5O/c26-13-5-8-21-18(9-13)20(12-29-21)25-30-23-17-4-2-1-3-15(17)16-7-6-14(28)10-19(16)24(23)31(25)22(32)11-27/h1-10,12,29H,11,27-28H2. The fraction of sp³-hybridized carbons (Fsp3) is 0.0400. The maximum atomic E-state index is 13.2. The maximum absolute atomic E-state index is 13.2. The van der Waals surface area contributed by atoms with Gasteiger partial charge in [-0.1, -0.05) is 46.3 Å². The van der Waals surface area contributed by atoms with Gasteiger partial charge in [-0.15, -0.1) is 0 Å². The second kappa shape index (κ2) is 6.91. The predicted molar refractivity (Wildman–Crippen MR) is 134 cm³/mol. The highest BCUT2D eigenvalue weighted by atomic mass is 79.9. The summed E-state index contributed by atoms with van der Waals surface area (Å²) >= 11 is 3.55. The van der Waals surface area contributed by atoms with E-state index >= 15 is 0 Å². The number of aromatic amines is 1. The second-order valence-corrected chi connectivity index (χ2v) is 8.72. The molecule has 6 rings (SSSR count). The van der Waals surface area contributed by atoms with E-state index in [1.165, 1.54) is 0 Å². The molecule has 0 aliphatic rings. The molecule has 0 spiro atoms. The number of aromatic nitrogens is 3. The maximum Gasteiger partial charge on any atom is 0.246 e. The van der Waals surface area contributed by atoms with E-state index in [1.54, 1.807) is 4.57 Å². The van der Waals surface area contributed by atoms with Crippen molar-refractivity contribution in [3.05, 3.63) is 71.3 Å². The van der Waals surface area contributed by atoms with E-state index in [-0.39, 0.29) is 12.5 Å². The Morgan fingerprint density at radius 2 is 1.75 bits per heavy atom. The third-order valence-corrected chi connectivity index (χ3v) is 6.45. The first-order valence-electron chi connectivity index (χ1n) is 10.2. The summed E-state index contributed by atoms with van der Waals surface area (Å²) in [7, 11) is 0. The Morgan fingerprint density at radius 1 is 0.969 bits per heavy atom. The van der Waals surface area contributed by atoms with Crippen LogP contribution in [0.4, 0.5) is 5.69 Å². The van der Waals surface area contributed by atoms with Gasteiger partial charge in [0.1, 0.15) is 5.82 Å². The first-order valence-corrected chi connectivity index (χ1v) is 11.0. The van der Waals surface area contributed by atoms with Crippen molar-refractivity contribution in [2.75, 3.05) is 12.3 Å². The van der Waals surface area contributed by atoms with Gasteiger partial charge < -0.3 is 16.5 Å². The normalized spacial score (nSPS) is 11.8. The molecule has 2 heterocycles. The molecule has 6 aromatic rings. The number of nitrogens with zero attached hydrogens (tertiary/aromatic N) is 2. The lowest BCUT2D eigenvalue weighted by atomic mass is 9.99. The van der Waals surface area contributed by atoms with Crippen molar-refractivity contribution in [2.24, 2.45) is 5.73 Å². The van der Waals surface area contributed by atoms with Gasteiger partial charge in [0, 0.05) is 43.6 Å². The Morgan fingerprint density at radius 3 is 2.56 bits per heavy atom. The fourth-order valence-electron chi connectivity index (χ4n) is 4.57. The Bertz CT molecular complexity index is 1710. The average molecular weight is 484 g/mol. The van der Waals surface area contributed by atoms with Crippen LogP contribution in [0.25, 0.3) is 54.9 Å². The number of carbonyl (C=O) groups excluding carboxylic acids is 1. The van der Waals surface area contributed by atoms with Crippen molar-refractivity contribution in [2.45, 2.75) is 0 Å². The molecular weight excluding hydrogens is 466 g/mol. The van der Waals surface area contributed by atoms with Crippen LogP contribution in [0.1, 0.15) is 4.79 Å². The smallest absolute Gasteiger partial charge is 0.246 e. The van der Waals surface area contributed by atoms with Crippen molar-refractivity contribution >= 4 is 71.0 Å². The van der Waals surface area contributed by atoms with Crippen LogP contribution in [-0.4, -0.2) is 27.0 Å². The van der Waals surface area contributed by atoms with E-state index in [4.69, 9.17) is 16.5 Å². The van der Waals surface area contributed by atoms with Gasteiger partial charge in [-0.05, 0) is 41.1 Å². The Labute approximate surface area is 191 Å². The zero-order chi connectivity index (χ0) is 22.0. The highest BCUT2D eigenvalue weighted by Gasteiger charge is 2.23. The minimum atomic E-state index is -0.231. The summed E-state index contributed by atoms with van der Waals surface area (Å²) in [6, 6.07) is 19.9. The summed E-state index contributed by atoms with van der Waals surface area (Å²) in [5.41, 5.74) is 15.9. The molecule has 0 radical (unpaired) electrons. The van der Waals surface area contributed by atoms with Crippen LogP contribution in [0.5, 0.6) is 0 Å². The van der Waals surface area contributed by atoms with E-state index in [0.717, 1.165) is 53.5 Å². The summed E-state index contributed by atoms with van der Waals surface area (Å²) in [6.07, 6.45) is 1.89. The van der Waals surface area contributed by atoms with E-state index in [1.807, 2.05) is 60.8 Å². The van der Waals surface area contributed by atoms with E-state index < -0.39 is 0 Å². The quantitative estimate of drug-likeness (QED) is 0.225. The minimum absolute atomic E-state index is 0.138. The lowest BCUT2D eigenvalue weighted by Crippen LogP contribution is -2.21. The summed E-state index contributed by atoms with van der Waals surface area (Å²) < 4.78 is 2.59. The Balaban J connectivity index is 1.86. The van der Waals surface area contributed by atoms with Gasteiger partial charge in [0.05, 0.1) is 17.6 Å². The van der Waals surface area contributed by atoms with Gasteiger partial charge in [0.15, 0.2) is 0 Å². The summed E-state index contributed by atoms with van der Waals surface area (Å²) in [5.74, 6) is 0.325. The molecule has 4 aromatic carbocycles. The molecule has 0 saturated heterocycles. The topological polar surface area (TPSA) is 103 Å². The number of halogens is 1. The van der Waals surface area contributed by atoms with Crippen LogP contribution < -0.4 is 11.5 Å². The van der Waals surface area contributed by atoms with E-state index in [0.29, 0.717) is 11.5 Å². The van der Waals surface area contributed by atoms with Crippen LogP contribution in [-0.2, 0) is 0 Å². The molecule has 156 valence electrons. The van der Waals surface area contributed by atoms with Crippen molar-refractivity contribution < 1.29 is 4.79 Å². The van der Waals surface area contributed by atoms with Gasteiger partial charge in [0.25, 0.3) is 0 Å². The monoisotopic (exact) mass is 483 g/mol. The number of fused-ring (bicyclic) bond motifs is 7. The van der Waals surface area contributed by atoms with Gasteiger partial charge in [-0.2, -0.15) is 0 Å². The number of rotatable bonds is 2. The Hall–Kier alpha value is -3.68. The fourth-order valence-corrected chi connectivity index (χ4v) is 4.93. The van der Waals surface area contributed by atoms with Gasteiger partial charge in [0.2, 0.25) is 5.91 Å². The van der Waals surface area contributed by atoms with Crippen molar-refractivity contribution in [1.82, 2.24) is 14.5 Å². The number of nitrogens with one attached hydrogen (secondary N) is 1. The zero-order valence-electron chi connectivity index (χ0n) is 16.9. The molecule has 0 aliphatic carbocycles. The lowest BCUT2D eigenvalue weighted by Gasteiger charge is -2.10. The highest BCUT2D eigenvalue weighted by Crippen LogP contribution is 2.39. The first kappa shape index (κ1) is 19.0. The molecule has 6 nitrogen and oxygen atoms in total. The highest BCUT2D eigenvalue weighted by molar-refractivity contribution is 9.10. The third kappa shape index (κ3) is 2.62. The van der Waals surface area contributed by atoms with Crippen LogP contribution in [0.2, 0.25) is 0 Å². The molecule has 7 heteroatoms. The summed E-state index contributed by atoms with van der Waals surface area (Å²) in [4.78, 5) is 21.5. The molecular formula is C25H18BrN5O. The second-order valence-electron chi connectivity index (χ2n) is 7.81. The van der Waals surface area contributed by atoms with Gasteiger partial charge in [-0.3, -0.25) is 9.36 Å². The average Bonchev–Trinajstić information content (AvgIpc) is 3.40. The summed E-state index contributed by atoms with van der Waals surface area (Å²) in [5, 5.41) is 4.90. The number of benzene rings is 4. The van der Waals surface area contributed by atoms with Crippen LogP contribution in [0.3, 0.4) is 0 Å². The number of imidazole rings is 1. The number of H-pyrrole nitrogens is 1. The zero-order valence-corrected chi connectivity index (χ0v) is 18.5. The molecule has 0 unspecified atom stereocenters. The molecule has 5 N–H and O–H groups in total. The molecule has 0 bridgehead atoms. The number of anilines is 1. The van der Waals surface area contributed by atoms with Gasteiger partial charge in [-0.25, -0.2) is 4.98 Å². The Kier molecular flexibility index (Phi) is 4.11. The van der Waals surface area contributed by atoms with E-state index in [2.05, 4.69) is 27.0 Å². The predicted octanol–water partition coefficient (Wildman–Crippen LogP) is 5.43. The van der Waals surface area contributed by atoms with Crippen molar-refractivity contribution in [3.8, 4) is 11.4 Å². The van der Waals surface area contributed by atoms with Crippen LogP contribution >= 0.6 is 15.9 Å². The molecule has 2 aromatic heterocycles. The summed E-state index contributed by atoms with van der Waals surface area (Å²) in [6.45, 7) is -0.138. The molecule has 0 atom stereocenters. The third-order valence-electron chi connectivity index (χ3n) is 5.96. The molecule has 0 aliphatic heterocycles. The molecule has 32 heavy (non-hydrogen) atoms. The van der Waals surface area contributed by atoms with Crippen molar-refractivity contribution in [1.29, 1.82) is 0 Å². The van der Waals surface area contributed by atoms with Crippen LogP contribution in [0, 0.1) is 0 Å². The largest absolute Gasteiger partial charge is 0.399 e. The number of carbonyl (C=O) groups is 1. The lowest BCUT2D eigenvalue weighted by molar-refractivity contribution is 0.0930. The number of hydrogen-bond acceptors (Lipinski definition) is 4. The molecule has 0 saturated carbocycles. The number of hydrogen-bond donors (Lipinski definition) is 3. The molecule has 0 fully saturated rings. The number of nitrogens with two attached hydrogens (primary N) is 2. The molecule has 0 amide bonds. The number of nitrogen functional groups attached to an aromatic ring is 1. The van der Waals surface area contributed by atoms with E-state index in [9.17, 15) is 4.79 Å². The van der Waals surface area contributed by atoms with Gasteiger partial charge >= 0.3 is 0 Å². The van der Waals surface area contributed by atoms with Crippen molar-refractivity contribution in [3.63, 3.8) is 0 Å². The van der Waals surface area contributed by atoms with Crippen LogP contribution in [0.15, 0.2) is 71.3 Å². The minimum Gasteiger partial charge on any atom is -0.399 e.